The average molecular weight is 264 g/mol. The van der Waals surface area contributed by atoms with Crippen LogP contribution in [-0.2, 0) is 5.75 Å². The van der Waals surface area contributed by atoms with E-state index in [1.165, 1.54) is 16.8 Å². The Morgan fingerprint density at radius 2 is 1.74 bits per heavy atom. The van der Waals surface area contributed by atoms with Gasteiger partial charge in [-0.05, 0) is 23.1 Å². The Bertz CT molecular complexity index is 772. The van der Waals surface area contributed by atoms with Gasteiger partial charge in [0.25, 0.3) is 0 Å². The lowest BCUT2D eigenvalue weighted by Crippen LogP contribution is -2.06. The maximum atomic E-state index is 4.73. The zero-order valence-corrected chi connectivity index (χ0v) is 11.1. The average Bonchev–Trinajstić information content (AvgIpc) is 2.86. The highest BCUT2D eigenvalue weighted by Gasteiger charge is 2.18. The lowest BCUT2D eigenvalue weighted by molar-refractivity contribution is 1.00. The topological polar surface area (TPSA) is 17.8 Å². The molecule has 4 rings (SSSR count). The molecule has 19 heavy (non-hydrogen) atoms. The number of benzene rings is 2. The molecule has 1 aliphatic rings. The molecule has 3 heteroatoms. The minimum atomic E-state index is 0.936. The molecule has 0 fully saturated rings. The van der Waals surface area contributed by atoms with Gasteiger partial charge in [-0.3, -0.25) is 4.57 Å². The summed E-state index contributed by atoms with van der Waals surface area (Å²) in [5.41, 5.74) is 4.72. The largest absolute Gasteiger partial charge is 0.294 e. The summed E-state index contributed by atoms with van der Waals surface area (Å²) in [4.78, 5) is 4.73. The quantitative estimate of drug-likeness (QED) is 0.657. The number of hydrogen-bond donors (Lipinski definition) is 0. The lowest BCUT2D eigenvalue weighted by atomic mass is 10.1. The molecule has 1 aliphatic heterocycles. The Hall–Kier alpha value is -2.00. The third kappa shape index (κ3) is 1.70. The van der Waals surface area contributed by atoms with Crippen LogP contribution in [-0.4, -0.2) is 9.55 Å². The molecule has 92 valence electrons. The van der Waals surface area contributed by atoms with Crippen LogP contribution in [0, 0.1) is 0 Å². The van der Waals surface area contributed by atoms with E-state index in [4.69, 9.17) is 4.98 Å². The molecule has 0 amide bonds. The van der Waals surface area contributed by atoms with E-state index >= 15 is 0 Å². The Labute approximate surface area is 115 Å². The SMILES string of the molecule is C1=C(c2ccccc2)n2c(nc3ccccc32)CS1. The fourth-order valence-electron chi connectivity index (χ4n) is 2.50. The lowest BCUT2D eigenvalue weighted by Gasteiger charge is -2.17. The molecule has 0 spiro atoms. The van der Waals surface area contributed by atoms with E-state index in [1.54, 1.807) is 0 Å². The van der Waals surface area contributed by atoms with Gasteiger partial charge in [-0.15, -0.1) is 11.8 Å². The first-order valence-electron chi connectivity index (χ1n) is 6.27. The van der Waals surface area contributed by atoms with Crippen LogP contribution in [0.15, 0.2) is 60.0 Å². The highest BCUT2D eigenvalue weighted by Crippen LogP contribution is 2.33. The first-order chi connectivity index (χ1) is 9.43. The van der Waals surface area contributed by atoms with E-state index in [0.717, 1.165) is 17.1 Å². The number of aromatic nitrogens is 2. The van der Waals surface area contributed by atoms with E-state index in [0.29, 0.717) is 0 Å². The summed E-state index contributed by atoms with van der Waals surface area (Å²) in [7, 11) is 0. The maximum absolute atomic E-state index is 4.73. The summed E-state index contributed by atoms with van der Waals surface area (Å²) < 4.78 is 2.28. The van der Waals surface area contributed by atoms with Crippen molar-refractivity contribution in [1.82, 2.24) is 9.55 Å². The molecule has 0 saturated heterocycles. The van der Waals surface area contributed by atoms with Crippen molar-refractivity contribution in [3.8, 4) is 0 Å². The molecule has 1 aromatic heterocycles. The number of rotatable bonds is 1. The Balaban J connectivity index is 2.00. The van der Waals surface area contributed by atoms with Crippen molar-refractivity contribution in [3.05, 3.63) is 71.4 Å². The van der Waals surface area contributed by atoms with Gasteiger partial charge in [0.15, 0.2) is 0 Å². The first kappa shape index (κ1) is 10.9. The number of fused-ring (bicyclic) bond motifs is 3. The zero-order valence-electron chi connectivity index (χ0n) is 10.3. The second-order valence-corrected chi connectivity index (χ2v) is 5.39. The van der Waals surface area contributed by atoms with Gasteiger partial charge in [-0.1, -0.05) is 42.5 Å². The number of imidazole rings is 1. The summed E-state index contributed by atoms with van der Waals surface area (Å²) in [6.45, 7) is 0. The van der Waals surface area contributed by atoms with Crippen LogP contribution in [0.2, 0.25) is 0 Å². The fraction of sp³-hybridized carbons (Fsp3) is 0.0625. The Morgan fingerprint density at radius 3 is 2.63 bits per heavy atom. The van der Waals surface area contributed by atoms with Crippen LogP contribution in [0.3, 0.4) is 0 Å². The molecule has 0 N–H and O–H groups in total. The highest BCUT2D eigenvalue weighted by molar-refractivity contribution is 8.01. The van der Waals surface area contributed by atoms with Gasteiger partial charge >= 0.3 is 0 Å². The monoisotopic (exact) mass is 264 g/mol. The molecule has 3 aromatic rings. The molecule has 2 nitrogen and oxygen atoms in total. The molecular formula is C16H12N2S. The third-order valence-corrected chi connectivity index (χ3v) is 4.16. The van der Waals surface area contributed by atoms with Gasteiger partial charge in [-0.25, -0.2) is 4.98 Å². The molecule has 0 unspecified atom stereocenters. The van der Waals surface area contributed by atoms with Crippen molar-refractivity contribution < 1.29 is 0 Å². The number of nitrogens with zero attached hydrogens (tertiary/aromatic N) is 2. The van der Waals surface area contributed by atoms with Gasteiger partial charge in [0.1, 0.15) is 5.82 Å². The van der Waals surface area contributed by atoms with Crippen molar-refractivity contribution in [2.75, 3.05) is 0 Å². The van der Waals surface area contributed by atoms with E-state index in [2.05, 4.69) is 52.4 Å². The zero-order chi connectivity index (χ0) is 12.7. The van der Waals surface area contributed by atoms with Crippen molar-refractivity contribution in [2.45, 2.75) is 5.75 Å². The van der Waals surface area contributed by atoms with Gasteiger partial charge < -0.3 is 0 Å². The second-order valence-electron chi connectivity index (χ2n) is 4.53. The van der Waals surface area contributed by atoms with E-state index in [9.17, 15) is 0 Å². The standard InChI is InChI=1S/C16H12N2S/c1-2-6-12(7-3-1)15-10-19-11-16-17-13-8-4-5-9-14(13)18(15)16/h1-10H,11H2. The Morgan fingerprint density at radius 1 is 0.947 bits per heavy atom. The van der Waals surface area contributed by atoms with Gasteiger partial charge in [0, 0.05) is 0 Å². The van der Waals surface area contributed by atoms with Crippen LogP contribution in [0.1, 0.15) is 11.4 Å². The summed E-state index contributed by atoms with van der Waals surface area (Å²) in [6, 6.07) is 18.8. The van der Waals surface area contributed by atoms with Crippen molar-refractivity contribution in [2.24, 2.45) is 0 Å². The van der Waals surface area contributed by atoms with Gasteiger partial charge in [0.2, 0.25) is 0 Å². The van der Waals surface area contributed by atoms with E-state index in [1.807, 2.05) is 23.9 Å². The summed E-state index contributed by atoms with van der Waals surface area (Å²) in [6.07, 6.45) is 0. The first-order valence-corrected chi connectivity index (χ1v) is 7.32. The minimum absolute atomic E-state index is 0.936. The number of hydrogen-bond acceptors (Lipinski definition) is 2. The predicted molar refractivity (Wildman–Crippen MR) is 80.8 cm³/mol. The number of thioether (sulfide) groups is 1. The van der Waals surface area contributed by atoms with E-state index in [-0.39, 0.29) is 0 Å². The summed E-state index contributed by atoms with van der Waals surface area (Å²) >= 11 is 1.81. The van der Waals surface area contributed by atoms with Gasteiger partial charge in [-0.2, -0.15) is 0 Å². The predicted octanol–water partition coefficient (Wildman–Crippen LogP) is 4.13. The summed E-state index contributed by atoms with van der Waals surface area (Å²) in [5.74, 6) is 2.07. The second kappa shape index (κ2) is 4.28. The molecule has 0 aliphatic carbocycles. The fourth-order valence-corrected chi connectivity index (χ4v) is 3.32. The molecule has 0 bridgehead atoms. The minimum Gasteiger partial charge on any atom is -0.294 e. The van der Waals surface area contributed by atoms with Crippen molar-refractivity contribution in [1.29, 1.82) is 0 Å². The van der Waals surface area contributed by atoms with Gasteiger partial charge in [0.05, 0.1) is 22.5 Å². The van der Waals surface area contributed by atoms with E-state index < -0.39 is 0 Å². The molecule has 0 saturated carbocycles. The summed E-state index contributed by atoms with van der Waals surface area (Å²) in [5, 5.41) is 2.23. The van der Waals surface area contributed by atoms with Crippen molar-refractivity contribution >= 4 is 28.5 Å². The highest BCUT2D eigenvalue weighted by atomic mass is 32.2. The van der Waals surface area contributed by atoms with Crippen LogP contribution in [0.5, 0.6) is 0 Å². The van der Waals surface area contributed by atoms with Crippen LogP contribution < -0.4 is 0 Å². The molecular weight excluding hydrogens is 252 g/mol. The van der Waals surface area contributed by atoms with Crippen molar-refractivity contribution in [3.63, 3.8) is 0 Å². The van der Waals surface area contributed by atoms with Crippen LogP contribution in [0.25, 0.3) is 16.7 Å². The normalized spacial score (nSPS) is 14.2. The van der Waals surface area contributed by atoms with Crippen LogP contribution >= 0.6 is 11.8 Å². The Kier molecular flexibility index (Phi) is 2.45. The number of para-hydroxylation sites is 2. The molecule has 0 radical (unpaired) electrons. The molecule has 2 heterocycles. The molecule has 2 aromatic carbocycles. The maximum Gasteiger partial charge on any atom is 0.124 e. The smallest absolute Gasteiger partial charge is 0.124 e. The van der Waals surface area contributed by atoms with Crippen LogP contribution in [0.4, 0.5) is 0 Å². The molecule has 0 atom stereocenters. The third-order valence-electron chi connectivity index (χ3n) is 3.35.